The van der Waals surface area contributed by atoms with Gasteiger partial charge in [-0.2, -0.15) is 11.8 Å². The van der Waals surface area contributed by atoms with E-state index in [1.165, 1.54) is 17.7 Å². The van der Waals surface area contributed by atoms with E-state index >= 15 is 0 Å². The molecule has 102 valence electrons. The van der Waals surface area contributed by atoms with Crippen LogP contribution in [0, 0.1) is 0 Å². The summed E-state index contributed by atoms with van der Waals surface area (Å²) in [5, 5.41) is 10.2. The number of hydrogen-bond donors (Lipinski definition) is 1. The highest BCUT2D eigenvalue weighted by atomic mass is 35.5. The highest BCUT2D eigenvalue weighted by Crippen LogP contribution is 2.46. The highest BCUT2D eigenvalue weighted by Gasteiger charge is 2.46. The normalized spacial score (nSPS) is 25.0. The molecule has 1 aliphatic heterocycles. The molecule has 1 aliphatic carbocycles. The zero-order valence-electron chi connectivity index (χ0n) is 10.7. The fourth-order valence-electron chi connectivity index (χ4n) is 3.09. The van der Waals surface area contributed by atoms with Gasteiger partial charge in [0.2, 0.25) is 0 Å². The maximum Gasteiger partial charge on any atom is 0.314 e. The summed E-state index contributed by atoms with van der Waals surface area (Å²) < 4.78 is 0. The number of thioether (sulfide) groups is 1. The third-order valence-electron chi connectivity index (χ3n) is 4.54. The molecule has 2 fully saturated rings. The smallest absolute Gasteiger partial charge is 0.314 e. The summed E-state index contributed by atoms with van der Waals surface area (Å²) in [6.45, 7) is 0. The lowest BCUT2D eigenvalue weighted by atomic mass is 9.64. The zero-order chi connectivity index (χ0) is 13.5. The first-order chi connectivity index (χ1) is 9.13. The second-order valence-electron chi connectivity index (χ2n) is 5.54. The minimum absolute atomic E-state index is 0.536. The molecule has 19 heavy (non-hydrogen) atoms. The summed E-state index contributed by atoms with van der Waals surface area (Å²) in [5.74, 6) is 2.15. The van der Waals surface area contributed by atoms with E-state index in [9.17, 15) is 9.90 Å². The van der Waals surface area contributed by atoms with Gasteiger partial charge in [0.05, 0.1) is 5.41 Å². The largest absolute Gasteiger partial charge is 0.481 e. The predicted molar refractivity (Wildman–Crippen MR) is 79.3 cm³/mol. The Bertz CT molecular complexity index is 505. The van der Waals surface area contributed by atoms with Gasteiger partial charge >= 0.3 is 5.97 Å². The quantitative estimate of drug-likeness (QED) is 0.913. The average Bonchev–Trinajstić information content (AvgIpc) is 2.80. The fraction of sp³-hybridized carbons (Fsp3) is 0.533. The SMILES string of the molecule is O=C(O)C1(c2ccc(C3CCSC3)c(Cl)c2)CCC1. The molecule has 0 spiro atoms. The van der Waals surface area contributed by atoms with Gasteiger partial charge in [0.15, 0.2) is 0 Å². The van der Waals surface area contributed by atoms with Crippen LogP contribution >= 0.6 is 23.4 Å². The summed E-state index contributed by atoms with van der Waals surface area (Å²) in [4.78, 5) is 11.5. The first-order valence-corrected chi connectivity index (χ1v) is 8.28. The molecule has 1 saturated carbocycles. The van der Waals surface area contributed by atoms with E-state index in [4.69, 9.17) is 11.6 Å². The van der Waals surface area contributed by atoms with Crippen molar-refractivity contribution in [2.75, 3.05) is 11.5 Å². The predicted octanol–water partition coefficient (Wildman–Crippen LogP) is 4.07. The zero-order valence-corrected chi connectivity index (χ0v) is 12.3. The van der Waals surface area contributed by atoms with E-state index in [0.29, 0.717) is 5.92 Å². The Morgan fingerprint density at radius 3 is 2.68 bits per heavy atom. The molecule has 0 amide bonds. The molecule has 2 nitrogen and oxygen atoms in total. The van der Waals surface area contributed by atoms with E-state index < -0.39 is 11.4 Å². The van der Waals surface area contributed by atoms with Crippen LogP contribution in [0.2, 0.25) is 5.02 Å². The van der Waals surface area contributed by atoms with E-state index in [1.54, 1.807) is 0 Å². The maximum atomic E-state index is 11.5. The van der Waals surface area contributed by atoms with Crippen molar-refractivity contribution in [2.45, 2.75) is 37.0 Å². The van der Waals surface area contributed by atoms with Crippen LogP contribution in [0.4, 0.5) is 0 Å². The Kier molecular flexibility index (Phi) is 3.52. The molecule has 1 atom stereocenters. The first-order valence-electron chi connectivity index (χ1n) is 6.74. The van der Waals surface area contributed by atoms with Crippen LogP contribution in [0.15, 0.2) is 18.2 Å². The number of rotatable bonds is 3. The van der Waals surface area contributed by atoms with Gasteiger partial charge in [0.1, 0.15) is 0 Å². The Morgan fingerprint density at radius 2 is 2.21 bits per heavy atom. The molecule has 1 aromatic rings. The summed E-state index contributed by atoms with van der Waals surface area (Å²) in [5.41, 5.74) is 1.40. The van der Waals surface area contributed by atoms with Gasteiger partial charge in [-0.3, -0.25) is 4.79 Å². The number of halogens is 1. The standard InChI is InChI=1S/C15H17ClO2S/c16-13-8-11(15(14(17)18)5-1-6-15)2-3-12(13)10-4-7-19-9-10/h2-3,8,10H,1,4-7,9H2,(H,17,18). The Labute approximate surface area is 122 Å². The first kappa shape index (κ1) is 13.3. The minimum Gasteiger partial charge on any atom is -0.481 e. The van der Waals surface area contributed by atoms with Crippen LogP contribution in [0.25, 0.3) is 0 Å². The number of carbonyl (C=O) groups is 1. The van der Waals surface area contributed by atoms with Crippen LogP contribution in [0.5, 0.6) is 0 Å². The maximum absolute atomic E-state index is 11.5. The molecule has 4 heteroatoms. The average molecular weight is 297 g/mol. The molecule has 0 aromatic heterocycles. The van der Waals surface area contributed by atoms with Crippen molar-refractivity contribution < 1.29 is 9.90 Å². The van der Waals surface area contributed by atoms with Crippen molar-refractivity contribution >= 4 is 29.3 Å². The van der Waals surface area contributed by atoms with E-state index in [-0.39, 0.29) is 0 Å². The van der Waals surface area contributed by atoms with Crippen LogP contribution in [-0.4, -0.2) is 22.6 Å². The molecule has 0 radical (unpaired) electrons. The lowest BCUT2D eigenvalue weighted by Crippen LogP contribution is -2.42. The van der Waals surface area contributed by atoms with Crippen molar-refractivity contribution in [1.29, 1.82) is 0 Å². The molecule has 2 aliphatic rings. The molecule has 1 saturated heterocycles. The Morgan fingerprint density at radius 1 is 1.42 bits per heavy atom. The van der Waals surface area contributed by atoms with E-state index in [2.05, 4.69) is 6.07 Å². The summed E-state index contributed by atoms with van der Waals surface area (Å²) in [6, 6.07) is 5.93. The van der Waals surface area contributed by atoms with Gasteiger partial charge in [0, 0.05) is 10.8 Å². The van der Waals surface area contributed by atoms with Gasteiger partial charge in [-0.25, -0.2) is 0 Å². The molecular formula is C15H17ClO2S. The molecule has 1 aromatic carbocycles. The van der Waals surface area contributed by atoms with Gasteiger partial charge in [-0.05, 0) is 48.1 Å². The molecule has 0 bridgehead atoms. The third-order valence-corrected chi connectivity index (χ3v) is 6.03. The van der Waals surface area contributed by atoms with Crippen molar-refractivity contribution in [1.82, 2.24) is 0 Å². The summed E-state index contributed by atoms with van der Waals surface area (Å²) in [6.07, 6.45) is 3.63. The van der Waals surface area contributed by atoms with Crippen molar-refractivity contribution in [3.8, 4) is 0 Å². The molecule has 1 heterocycles. The van der Waals surface area contributed by atoms with Crippen molar-refractivity contribution in [3.63, 3.8) is 0 Å². The monoisotopic (exact) mass is 296 g/mol. The number of hydrogen-bond acceptors (Lipinski definition) is 2. The fourth-order valence-corrected chi connectivity index (χ4v) is 4.68. The number of aliphatic carboxylic acids is 1. The molecule has 1 unspecified atom stereocenters. The van der Waals surface area contributed by atoms with Crippen LogP contribution in [-0.2, 0) is 10.2 Å². The third kappa shape index (κ3) is 2.17. The minimum atomic E-state index is -0.709. The second-order valence-corrected chi connectivity index (χ2v) is 7.09. The summed E-state index contributed by atoms with van der Waals surface area (Å²) in [7, 11) is 0. The van der Waals surface area contributed by atoms with Crippen molar-refractivity contribution in [2.24, 2.45) is 0 Å². The number of carboxylic acids is 1. The Balaban J connectivity index is 1.92. The van der Waals surface area contributed by atoms with Gasteiger partial charge in [-0.15, -0.1) is 0 Å². The van der Waals surface area contributed by atoms with Crippen molar-refractivity contribution in [3.05, 3.63) is 34.3 Å². The molecular weight excluding hydrogens is 280 g/mol. The lowest BCUT2D eigenvalue weighted by Gasteiger charge is -2.38. The van der Waals surface area contributed by atoms with E-state index in [1.807, 2.05) is 23.9 Å². The van der Waals surface area contributed by atoms with Crippen LogP contribution < -0.4 is 0 Å². The summed E-state index contributed by atoms with van der Waals surface area (Å²) >= 11 is 8.36. The Hall–Kier alpha value is -0.670. The highest BCUT2D eigenvalue weighted by molar-refractivity contribution is 7.99. The lowest BCUT2D eigenvalue weighted by molar-refractivity contribution is -0.147. The van der Waals surface area contributed by atoms with Crippen LogP contribution in [0.1, 0.15) is 42.7 Å². The van der Waals surface area contributed by atoms with E-state index in [0.717, 1.165) is 35.6 Å². The van der Waals surface area contributed by atoms with Gasteiger partial charge in [-0.1, -0.05) is 30.2 Å². The number of benzene rings is 1. The molecule has 3 rings (SSSR count). The van der Waals surface area contributed by atoms with Gasteiger partial charge in [0.25, 0.3) is 0 Å². The van der Waals surface area contributed by atoms with Crippen LogP contribution in [0.3, 0.4) is 0 Å². The number of carboxylic acid groups (broad SMARTS) is 1. The topological polar surface area (TPSA) is 37.3 Å². The second kappa shape index (κ2) is 5.02. The van der Waals surface area contributed by atoms with Gasteiger partial charge < -0.3 is 5.11 Å². The molecule has 1 N–H and O–H groups in total.